The fraction of sp³-hybridized carbons (Fsp3) is 0.297. The van der Waals surface area contributed by atoms with Crippen molar-refractivity contribution in [1.29, 1.82) is 0 Å². The molecule has 0 aromatic heterocycles. The van der Waals surface area contributed by atoms with E-state index < -0.39 is 28.5 Å². The van der Waals surface area contributed by atoms with E-state index in [0.717, 1.165) is 52.0 Å². The van der Waals surface area contributed by atoms with Crippen LogP contribution in [0.5, 0.6) is 0 Å². The Hall–Kier alpha value is -3.37. The molecule has 4 aromatic rings. The van der Waals surface area contributed by atoms with Crippen LogP contribution in [-0.4, -0.2) is 43.8 Å². The Morgan fingerprint density at radius 1 is 0.896 bits per heavy atom. The lowest BCUT2D eigenvalue weighted by Gasteiger charge is -2.35. The van der Waals surface area contributed by atoms with Crippen LogP contribution in [0.25, 0.3) is 0 Å². The van der Waals surface area contributed by atoms with E-state index in [-0.39, 0.29) is 29.8 Å². The first-order chi connectivity index (χ1) is 23.0. The molecule has 7 nitrogen and oxygen atoms in total. The predicted octanol–water partition coefficient (Wildman–Crippen LogP) is 8.35. The highest BCUT2D eigenvalue weighted by molar-refractivity contribution is 9.10. The fourth-order valence-corrected chi connectivity index (χ4v) is 8.05. The number of hydrogen-bond acceptors (Lipinski definition) is 4. The summed E-state index contributed by atoms with van der Waals surface area (Å²) >= 11 is 16.2. The number of nitrogens with one attached hydrogen (secondary N) is 1. The van der Waals surface area contributed by atoms with Gasteiger partial charge in [-0.1, -0.05) is 112 Å². The summed E-state index contributed by atoms with van der Waals surface area (Å²) in [6.45, 7) is 1.28. The summed E-state index contributed by atoms with van der Waals surface area (Å²) in [5, 5.41) is 3.98. The molecule has 0 bridgehead atoms. The first kappa shape index (κ1) is 35.9. The molecule has 1 aliphatic rings. The van der Waals surface area contributed by atoms with Crippen LogP contribution in [-0.2, 0) is 32.6 Å². The zero-order chi connectivity index (χ0) is 34.3. The molecular weight excluding hydrogens is 733 g/mol. The summed E-state index contributed by atoms with van der Waals surface area (Å²) in [4.78, 5) is 30.4. The second kappa shape index (κ2) is 16.4. The van der Waals surface area contributed by atoms with Gasteiger partial charge in [-0.3, -0.25) is 13.9 Å². The Morgan fingerprint density at radius 2 is 1.56 bits per heavy atom. The maximum Gasteiger partial charge on any atom is 0.264 e. The van der Waals surface area contributed by atoms with Crippen molar-refractivity contribution in [2.24, 2.45) is 0 Å². The Bertz CT molecular complexity index is 1820. The summed E-state index contributed by atoms with van der Waals surface area (Å²) < 4.78 is 30.3. The molecule has 4 aromatic carbocycles. The highest BCUT2D eigenvalue weighted by Gasteiger charge is 2.35. The number of sulfonamides is 1. The molecule has 48 heavy (non-hydrogen) atoms. The maximum atomic E-state index is 14.7. The minimum atomic E-state index is -4.20. The molecule has 1 N–H and O–H groups in total. The highest BCUT2D eigenvalue weighted by Crippen LogP contribution is 2.28. The first-order valence-electron chi connectivity index (χ1n) is 15.9. The molecule has 0 unspecified atom stereocenters. The molecule has 252 valence electrons. The van der Waals surface area contributed by atoms with Crippen LogP contribution in [0.3, 0.4) is 0 Å². The first-order valence-corrected chi connectivity index (χ1v) is 18.9. The van der Waals surface area contributed by atoms with Gasteiger partial charge in [-0.25, -0.2) is 8.42 Å². The minimum absolute atomic E-state index is 0.00164. The lowest BCUT2D eigenvalue weighted by atomic mass is 9.94. The topological polar surface area (TPSA) is 86.8 Å². The summed E-state index contributed by atoms with van der Waals surface area (Å²) in [5.41, 5.74) is 2.65. The molecule has 0 spiro atoms. The standard InChI is InChI=1S/C37H38BrCl2N3O4S/c1-26-12-20-33(21-13-26)48(46,47)43(32-18-15-29(38)16-19-32)25-36(44)42(24-28-14-17-30(39)23-34(28)40)35(22-27-8-4-2-5-9-27)37(45)41-31-10-6-3-7-11-31/h2,4-5,8-9,12-21,23,31,35H,3,6-7,10-11,22,24-25H2,1H3,(H,41,45)/t35-/m0/s1. The second-order valence-electron chi connectivity index (χ2n) is 12.1. The van der Waals surface area contributed by atoms with Crippen LogP contribution in [0.2, 0.25) is 10.0 Å². The van der Waals surface area contributed by atoms with Crippen molar-refractivity contribution in [3.05, 3.63) is 128 Å². The Labute approximate surface area is 301 Å². The van der Waals surface area contributed by atoms with Gasteiger partial charge in [0.05, 0.1) is 10.6 Å². The summed E-state index contributed by atoms with van der Waals surface area (Å²) in [6.07, 6.45) is 5.13. The van der Waals surface area contributed by atoms with Crippen LogP contribution in [0.4, 0.5) is 5.69 Å². The van der Waals surface area contributed by atoms with Gasteiger partial charge >= 0.3 is 0 Å². The minimum Gasteiger partial charge on any atom is -0.352 e. The lowest BCUT2D eigenvalue weighted by molar-refractivity contribution is -0.140. The van der Waals surface area contributed by atoms with E-state index in [2.05, 4.69) is 21.2 Å². The van der Waals surface area contributed by atoms with Gasteiger partial charge in [0.1, 0.15) is 12.6 Å². The van der Waals surface area contributed by atoms with Crippen molar-refractivity contribution in [2.75, 3.05) is 10.8 Å². The van der Waals surface area contributed by atoms with E-state index in [1.807, 2.05) is 37.3 Å². The van der Waals surface area contributed by atoms with Crippen molar-refractivity contribution < 1.29 is 18.0 Å². The number of aryl methyl sites for hydroxylation is 1. The SMILES string of the molecule is Cc1ccc(S(=O)(=O)N(CC(=O)N(Cc2ccc(Cl)cc2Cl)[C@@H](Cc2ccccc2)C(=O)NC2CCCCC2)c2ccc(Br)cc2)cc1. The average Bonchev–Trinajstić information content (AvgIpc) is 3.07. The molecule has 0 saturated heterocycles. The molecule has 1 fully saturated rings. The number of anilines is 1. The van der Waals surface area contributed by atoms with Gasteiger partial charge in [0.15, 0.2) is 0 Å². The third-order valence-corrected chi connectivity index (χ3v) is 11.5. The number of nitrogens with zero attached hydrogens (tertiary/aromatic N) is 2. The van der Waals surface area contributed by atoms with Gasteiger partial charge in [0, 0.05) is 33.5 Å². The zero-order valence-corrected chi connectivity index (χ0v) is 30.5. The molecule has 5 rings (SSSR count). The molecule has 11 heteroatoms. The fourth-order valence-electron chi connectivity index (χ4n) is 5.91. The Balaban J connectivity index is 1.57. The summed E-state index contributed by atoms with van der Waals surface area (Å²) in [6, 6.07) is 26.7. The van der Waals surface area contributed by atoms with Gasteiger partial charge in [-0.15, -0.1) is 0 Å². The number of amides is 2. The third-order valence-electron chi connectivity index (χ3n) is 8.58. The maximum absolute atomic E-state index is 14.7. The van der Waals surface area contributed by atoms with Crippen LogP contribution >= 0.6 is 39.1 Å². The normalized spacial score (nSPS) is 14.2. The van der Waals surface area contributed by atoms with E-state index >= 15 is 0 Å². The van der Waals surface area contributed by atoms with Crippen LogP contribution in [0.1, 0.15) is 48.8 Å². The van der Waals surface area contributed by atoms with Gasteiger partial charge in [-0.2, -0.15) is 0 Å². The van der Waals surface area contributed by atoms with E-state index in [0.29, 0.717) is 21.3 Å². The third kappa shape index (κ3) is 9.20. The largest absolute Gasteiger partial charge is 0.352 e. The summed E-state index contributed by atoms with van der Waals surface area (Å²) in [7, 11) is -4.20. The van der Waals surface area contributed by atoms with Crippen LogP contribution < -0.4 is 9.62 Å². The van der Waals surface area contributed by atoms with Crippen molar-refractivity contribution in [1.82, 2.24) is 10.2 Å². The number of carbonyl (C=O) groups is 2. The van der Waals surface area contributed by atoms with Crippen LogP contribution in [0, 0.1) is 6.92 Å². The van der Waals surface area contributed by atoms with Gasteiger partial charge in [0.25, 0.3) is 10.0 Å². The highest BCUT2D eigenvalue weighted by atomic mass is 79.9. The number of carbonyl (C=O) groups excluding carboxylic acids is 2. The quantitative estimate of drug-likeness (QED) is 0.157. The number of rotatable bonds is 12. The van der Waals surface area contributed by atoms with Gasteiger partial charge < -0.3 is 10.2 Å². The van der Waals surface area contributed by atoms with E-state index in [4.69, 9.17) is 23.2 Å². The van der Waals surface area contributed by atoms with Crippen molar-refractivity contribution in [2.45, 2.75) is 69.0 Å². The molecule has 1 atom stereocenters. The van der Waals surface area contributed by atoms with E-state index in [1.165, 1.54) is 17.0 Å². The van der Waals surface area contributed by atoms with E-state index in [1.54, 1.807) is 54.6 Å². The lowest BCUT2D eigenvalue weighted by Crippen LogP contribution is -2.55. The zero-order valence-electron chi connectivity index (χ0n) is 26.6. The van der Waals surface area contributed by atoms with Gasteiger partial charge in [0.2, 0.25) is 11.8 Å². The molecule has 0 aliphatic heterocycles. The predicted molar refractivity (Wildman–Crippen MR) is 196 cm³/mol. The Morgan fingerprint density at radius 3 is 2.21 bits per heavy atom. The molecule has 0 heterocycles. The molecule has 1 saturated carbocycles. The second-order valence-corrected chi connectivity index (χ2v) is 15.7. The van der Waals surface area contributed by atoms with E-state index in [9.17, 15) is 18.0 Å². The van der Waals surface area contributed by atoms with Crippen molar-refractivity contribution in [3.8, 4) is 0 Å². The number of benzene rings is 4. The molecule has 2 amide bonds. The summed E-state index contributed by atoms with van der Waals surface area (Å²) in [5.74, 6) is -0.847. The smallest absolute Gasteiger partial charge is 0.264 e. The van der Waals surface area contributed by atoms with Crippen molar-refractivity contribution >= 4 is 66.7 Å². The molecule has 1 aliphatic carbocycles. The van der Waals surface area contributed by atoms with Gasteiger partial charge in [-0.05, 0) is 79.4 Å². The molecule has 0 radical (unpaired) electrons. The Kier molecular flexibility index (Phi) is 12.2. The number of hydrogen-bond donors (Lipinski definition) is 1. The van der Waals surface area contributed by atoms with Crippen molar-refractivity contribution in [3.63, 3.8) is 0 Å². The molecular formula is C37H38BrCl2N3O4S. The average molecular weight is 772 g/mol. The van der Waals surface area contributed by atoms with Crippen LogP contribution in [0.15, 0.2) is 106 Å². The monoisotopic (exact) mass is 769 g/mol. The number of halogens is 3.